The first kappa shape index (κ1) is 24.9. The Balaban J connectivity index is 1.84. The van der Waals surface area contributed by atoms with Gasteiger partial charge in [-0.25, -0.2) is 0 Å². The molecule has 0 saturated carbocycles. The number of carbonyl (C=O) groups is 1. The van der Waals surface area contributed by atoms with Crippen LogP contribution in [0.4, 0.5) is 11.4 Å². The van der Waals surface area contributed by atoms with E-state index in [4.69, 9.17) is 16.3 Å². The summed E-state index contributed by atoms with van der Waals surface area (Å²) >= 11 is 9.53. The molecule has 0 aliphatic rings. The van der Waals surface area contributed by atoms with Crippen molar-refractivity contribution in [1.29, 1.82) is 0 Å². The third kappa shape index (κ3) is 8.72. The van der Waals surface area contributed by atoms with Gasteiger partial charge in [-0.3, -0.25) is 14.9 Å². The highest BCUT2D eigenvalue weighted by molar-refractivity contribution is 9.10. The van der Waals surface area contributed by atoms with Gasteiger partial charge >= 0.3 is 0 Å². The molecular formula is C21H26BrClN4O4. The summed E-state index contributed by atoms with van der Waals surface area (Å²) in [5.41, 5.74) is 1.17. The molecule has 0 bridgehead atoms. The van der Waals surface area contributed by atoms with Gasteiger partial charge in [0.1, 0.15) is 5.75 Å². The maximum Gasteiger partial charge on any atom is 0.271 e. The number of nitro benzene ring substituents is 1. The number of halogens is 2. The highest BCUT2D eigenvalue weighted by Crippen LogP contribution is 2.26. The normalized spacial score (nSPS) is 11.1. The first-order valence-electron chi connectivity index (χ1n) is 9.66. The Morgan fingerprint density at radius 1 is 1.19 bits per heavy atom. The number of nitro groups is 1. The summed E-state index contributed by atoms with van der Waals surface area (Å²) in [4.78, 5) is 22.3. The standard InChI is InChI=1S/C21H26BrClN4O4/c1-21(2,3)26-20(28)13-31-19-7-4-15(22)10-14(19)12-24-8-9-25-18-6-5-16(27(29)30)11-17(18)23/h4-7,10-11,24-25H,8-9,12-13H2,1-3H3,(H,26,28). The van der Waals surface area contributed by atoms with E-state index in [9.17, 15) is 14.9 Å². The zero-order chi connectivity index (χ0) is 23.0. The molecule has 0 aromatic heterocycles. The number of hydrogen-bond donors (Lipinski definition) is 3. The first-order valence-corrected chi connectivity index (χ1v) is 10.8. The van der Waals surface area contributed by atoms with Gasteiger partial charge in [0.05, 0.1) is 15.6 Å². The second kappa shape index (κ2) is 11.3. The lowest BCUT2D eigenvalue weighted by Gasteiger charge is -2.21. The molecule has 10 heteroatoms. The molecule has 168 valence electrons. The minimum Gasteiger partial charge on any atom is -0.483 e. The number of benzene rings is 2. The Bertz CT molecular complexity index is 934. The minimum atomic E-state index is -0.485. The quantitative estimate of drug-likeness (QED) is 0.245. The van der Waals surface area contributed by atoms with Crippen LogP contribution in [0.3, 0.4) is 0 Å². The fourth-order valence-electron chi connectivity index (χ4n) is 2.69. The molecule has 0 unspecified atom stereocenters. The van der Waals surface area contributed by atoms with Crippen molar-refractivity contribution in [1.82, 2.24) is 10.6 Å². The van der Waals surface area contributed by atoms with Crippen LogP contribution < -0.4 is 20.7 Å². The van der Waals surface area contributed by atoms with Crippen LogP contribution in [0.25, 0.3) is 0 Å². The van der Waals surface area contributed by atoms with Crippen molar-refractivity contribution in [2.45, 2.75) is 32.9 Å². The van der Waals surface area contributed by atoms with E-state index in [0.717, 1.165) is 10.0 Å². The summed E-state index contributed by atoms with van der Waals surface area (Å²) in [7, 11) is 0. The van der Waals surface area contributed by atoms with Crippen LogP contribution in [0.15, 0.2) is 40.9 Å². The van der Waals surface area contributed by atoms with Crippen molar-refractivity contribution < 1.29 is 14.5 Å². The molecular weight excluding hydrogens is 488 g/mol. The second-order valence-electron chi connectivity index (χ2n) is 7.86. The number of non-ortho nitro benzene ring substituents is 1. The Morgan fingerprint density at radius 2 is 1.94 bits per heavy atom. The molecule has 0 saturated heterocycles. The Kier molecular flexibility index (Phi) is 9.09. The van der Waals surface area contributed by atoms with E-state index in [1.807, 2.05) is 39.0 Å². The fourth-order valence-corrected chi connectivity index (χ4v) is 3.34. The van der Waals surface area contributed by atoms with Crippen LogP contribution in [0.2, 0.25) is 5.02 Å². The molecule has 2 aromatic carbocycles. The van der Waals surface area contributed by atoms with Gasteiger partial charge in [-0.2, -0.15) is 0 Å². The predicted molar refractivity (Wildman–Crippen MR) is 126 cm³/mol. The van der Waals surface area contributed by atoms with E-state index in [1.165, 1.54) is 12.1 Å². The predicted octanol–water partition coefficient (Wildman–Crippen LogP) is 4.51. The third-order valence-corrected chi connectivity index (χ3v) is 4.80. The van der Waals surface area contributed by atoms with Gasteiger partial charge in [-0.15, -0.1) is 0 Å². The third-order valence-electron chi connectivity index (χ3n) is 3.99. The molecule has 0 atom stereocenters. The summed E-state index contributed by atoms with van der Waals surface area (Å²) in [5, 5.41) is 20.4. The molecule has 8 nitrogen and oxygen atoms in total. The van der Waals surface area contributed by atoms with E-state index in [1.54, 1.807) is 6.07 Å². The van der Waals surface area contributed by atoms with Crippen LogP contribution in [0.5, 0.6) is 5.75 Å². The molecule has 0 fully saturated rings. The zero-order valence-corrected chi connectivity index (χ0v) is 20.0. The molecule has 2 rings (SSSR count). The van der Waals surface area contributed by atoms with Crippen molar-refractivity contribution >= 4 is 44.8 Å². The van der Waals surface area contributed by atoms with Gasteiger partial charge in [0.2, 0.25) is 0 Å². The Labute approximate surface area is 195 Å². The van der Waals surface area contributed by atoms with Crippen LogP contribution in [-0.2, 0) is 11.3 Å². The van der Waals surface area contributed by atoms with Crippen LogP contribution in [0.1, 0.15) is 26.3 Å². The van der Waals surface area contributed by atoms with Crippen LogP contribution >= 0.6 is 27.5 Å². The lowest BCUT2D eigenvalue weighted by molar-refractivity contribution is -0.384. The van der Waals surface area contributed by atoms with Gasteiger partial charge in [0, 0.05) is 47.3 Å². The summed E-state index contributed by atoms with van der Waals surface area (Å²) in [5.74, 6) is 0.449. The van der Waals surface area contributed by atoms with Crippen LogP contribution in [-0.4, -0.2) is 36.1 Å². The fraction of sp³-hybridized carbons (Fsp3) is 0.381. The van der Waals surface area contributed by atoms with Crippen molar-refractivity contribution in [3.05, 3.63) is 61.6 Å². The number of anilines is 1. The SMILES string of the molecule is CC(C)(C)NC(=O)COc1ccc(Br)cc1CNCCNc1ccc([N+](=O)[O-])cc1Cl. The average molecular weight is 514 g/mol. The summed E-state index contributed by atoms with van der Waals surface area (Å²) in [6, 6.07) is 9.92. The van der Waals surface area contributed by atoms with Crippen molar-refractivity contribution in [2.75, 3.05) is 25.0 Å². The number of nitrogens with one attached hydrogen (secondary N) is 3. The maximum atomic E-state index is 12.0. The van der Waals surface area contributed by atoms with Crippen LogP contribution in [0, 0.1) is 10.1 Å². The van der Waals surface area contributed by atoms with E-state index < -0.39 is 4.92 Å². The molecule has 0 spiro atoms. The molecule has 3 N–H and O–H groups in total. The van der Waals surface area contributed by atoms with E-state index in [0.29, 0.717) is 36.1 Å². The van der Waals surface area contributed by atoms with Gasteiger partial charge in [0.15, 0.2) is 6.61 Å². The Hall–Kier alpha value is -2.36. The zero-order valence-electron chi connectivity index (χ0n) is 17.6. The lowest BCUT2D eigenvalue weighted by atomic mass is 10.1. The van der Waals surface area contributed by atoms with Gasteiger partial charge in [0.25, 0.3) is 11.6 Å². The highest BCUT2D eigenvalue weighted by atomic mass is 79.9. The number of carbonyl (C=O) groups excluding carboxylic acids is 1. The molecule has 0 aliphatic carbocycles. The molecule has 0 heterocycles. The van der Waals surface area contributed by atoms with Gasteiger partial charge < -0.3 is 20.7 Å². The number of nitrogens with zero attached hydrogens (tertiary/aromatic N) is 1. The van der Waals surface area contributed by atoms with Crippen molar-refractivity contribution in [3.8, 4) is 5.75 Å². The van der Waals surface area contributed by atoms with Gasteiger partial charge in [-0.05, 0) is 45.0 Å². The topological polar surface area (TPSA) is 106 Å². The number of rotatable bonds is 10. The van der Waals surface area contributed by atoms with Crippen molar-refractivity contribution in [2.24, 2.45) is 0 Å². The van der Waals surface area contributed by atoms with E-state index in [2.05, 4.69) is 31.9 Å². The summed E-state index contributed by atoms with van der Waals surface area (Å²) in [6.45, 7) is 7.39. The van der Waals surface area contributed by atoms with Gasteiger partial charge in [-0.1, -0.05) is 27.5 Å². The molecule has 31 heavy (non-hydrogen) atoms. The Morgan fingerprint density at radius 3 is 2.58 bits per heavy atom. The molecule has 1 amide bonds. The first-order chi connectivity index (χ1) is 14.5. The molecule has 2 aromatic rings. The molecule has 0 aliphatic heterocycles. The van der Waals surface area contributed by atoms with E-state index in [-0.39, 0.29) is 23.7 Å². The number of amides is 1. The average Bonchev–Trinajstić information content (AvgIpc) is 2.66. The maximum absolute atomic E-state index is 12.0. The van der Waals surface area contributed by atoms with E-state index >= 15 is 0 Å². The monoisotopic (exact) mass is 512 g/mol. The minimum absolute atomic E-state index is 0.0490. The largest absolute Gasteiger partial charge is 0.483 e. The number of ether oxygens (including phenoxy) is 1. The highest BCUT2D eigenvalue weighted by Gasteiger charge is 2.15. The summed E-state index contributed by atoms with van der Waals surface area (Å²) < 4.78 is 6.62. The smallest absolute Gasteiger partial charge is 0.271 e. The molecule has 0 radical (unpaired) electrons. The van der Waals surface area contributed by atoms with Crippen molar-refractivity contribution in [3.63, 3.8) is 0 Å². The number of hydrogen-bond acceptors (Lipinski definition) is 6. The lowest BCUT2D eigenvalue weighted by Crippen LogP contribution is -2.43. The summed E-state index contributed by atoms with van der Waals surface area (Å²) in [6.07, 6.45) is 0. The second-order valence-corrected chi connectivity index (χ2v) is 9.19.